The van der Waals surface area contributed by atoms with E-state index in [9.17, 15) is 5.02 Å². The van der Waals surface area contributed by atoms with Gasteiger partial charge in [-0.05, 0) is 12.4 Å². The molecule has 1 rings (SSSR count). The van der Waals surface area contributed by atoms with E-state index in [0.717, 1.165) is 11.0 Å². The lowest BCUT2D eigenvalue weighted by Crippen LogP contribution is -2.30. The van der Waals surface area contributed by atoms with Crippen molar-refractivity contribution in [2.24, 2.45) is 0 Å². The molecule has 0 aliphatic heterocycles. The lowest BCUT2D eigenvalue weighted by molar-refractivity contribution is 0.480. The number of aryl methyl sites for hydroxylation is 1. The molecule has 0 heterocycles. The molecular formula is C7H8BBrO2. The molecule has 0 saturated heterocycles. The molecule has 0 bridgehead atoms. The molecule has 1 aromatic rings. The average molecular weight is 215 g/mol. The molecule has 2 nitrogen and oxygen atoms in total. The van der Waals surface area contributed by atoms with Crippen LogP contribution in [0.25, 0.3) is 0 Å². The van der Waals surface area contributed by atoms with E-state index in [1.54, 1.807) is 6.07 Å². The molecule has 0 spiro atoms. The molecule has 1 aromatic carbocycles. The van der Waals surface area contributed by atoms with Crippen LogP contribution in [0.15, 0.2) is 24.3 Å². The summed E-state index contributed by atoms with van der Waals surface area (Å²) >= 11 is 2.73. The minimum atomic E-state index is -0.880. The standard InChI is InChI=1S/C7H8BBrO2/c1-6-3-2-4-7(5-6)8(10)11-9/h2-5,10H,1H3. The van der Waals surface area contributed by atoms with E-state index in [1.807, 2.05) is 25.1 Å². The van der Waals surface area contributed by atoms with Crippen molar-refractivity contribution >= 4 is 28.8 Å². The molecule has 0 atom stereocenters. The van der Waals surface area contributed by atoms with Gasteiger partial charge in [-0.1, -0.05) is 29.8 Å². The van der Waals surface area contributed by atoms with Crippen molar-refractivity contribution in [1.29, 1.82) is 0 Å². The predicted molar refractivity (Wildman–Crippen MR) is 48.8 cm³/mol. The van der Waals surface area contributed by atoms with Crippen LogP contribution in [0.5, 0.6) is 0 Å². The summed E-state index contributed by atoms with van der Waals surface area (Å²) in [6.45, 7) is 1.96. The van der Waals surface area contributed by atoms with Crippen molar-refractivity contribution in [2.45, 2.75) is 6.92 Å². The Morgan fingerprint density at radius 1 is 1.55 bits per heavy atom. The Kier molecular flexibility index (Phi) is 3.11. The van der Waals surface area contributed by atoms with Gasteiger partial charge >= 0.3 is 7.12 Å². The van der Waals surface area contributed by atoms with Crippen LogP contribution in [-0.2, 0) is 3.75 Å². The molecule has 1 N–H and O–H groups in total. The fourth-order valence-electron chi connectivity index (χ4n) is 0.875. The van der Waals surface area contributed by atoms with Crippen molar-refractivity contribution in [3.63, 3.8) is 0 Å². The Bertz CT molecular complexity index is 242. The normalized spacial score (nSPS) is 9.73. The van der Waals surface area contributed by atoms with E-state index < -0.39 is 7.12 Å². The van der Waals surface area contributed by atoms with Crippen LogP contribution in [-0.4, -0.2) is 12.1 Å². The Hall–Kier alpha value is -0.315. The van der Waals surface area contributed by atoms with Gasteiger partial charge in [0.1, 0.15) is 0 Å². The van der Waals surface area contributed by atoms with Crippen LogP contribution in [0.1, 0.15) is 5.56 Å². The molecule has 0 aliphatic rings. The van der Waals surface area contributed by atoms with E-state index >= 15 is 0 Å². The first kappa shape index (κ1) is 8.78. The predicted octanol–water partition coefficient (Wildman–Crippen LogP) is 1.01. The smallest absolute Gasteiger partial charge is 0.423 e. The van der Waals surface area contributed by atoms with Gasteiger partial charge in [-0.15, -0.1) is 0 Å². The molecule has 0 amide bonds. The number of hydrogen-bond acceptors (Lipinski definition) is 2. The van der Waals surface area contributed by atoms with E-state index in [4.69, 9.17) is 0 Å². The van der Waals surface area contributed by atoms with Crippen LogP contribution >= 0.6 is 16.3 Å². The largest absolute Gasteiger partial charge is 0.502 e. The summed E-state index contributed by atoms with van der Waals surface area (Å²) in [5, 5.41) is 9.18. The van der Waals surface area contributed by atoms with Gasteiger partial charge in [-0.25, -0.2) is 0 Å². The monoisotopic (exact) mass is 214 g/mol. The molecule has 0 fully saturated rings. The third-order valence-corrected chi connectivity index (χ3v) is 1.77. The van der Waals surface area contributed by atoms with Crippen LogP contribution in [0, 0.1) is 6.92 Å². The third kappa shape index (κ3) is 2.32. The summed E-state index contributed by atoms with van der Waals surface area (Å²) in [4.78, 5) is 0. The summed E-state index contributed by atoms with van der Waals surface area (Å²) in [7, 11) is -0.880. The fraction of sp³-hybridized carbons (Fsp3) is 0.143. The Morgan fingerprint density at radius 2 is 2.27 bits per heavy atom. The average Bonchev–Trinajstić information content (AvgIpc) is 2.03. The maximum Gasteiger partial charge on any atom is 0.502 e. The van der Waals surface area contributed by atoms with Gasteiger partial charge < -0.3 is 8.77 Å². The highest BCUT2D eigenvalue weighted by molar-refractivity contribution is 9.06. The molecule has 0 radical (unpaired) electrons. The highest BCUT2D eigenvalue weighted by Crippen LogP contribution is 1.96. The zero-order valence-electron chi connectivity index (χ0n) is 6.12. The molecule has 0 aromatic heterocycles. The second kappa shape index (κ2) is 3.90. The summed E-state index contributed by atoms with van der Waals surface area (Å²) in [5.74, 6) is 0. The molecule has 0 aliphatic carbocycles. The number of halogens is 1. The van der Waals surface area contributed by atoms with E-state index in [0.29, 0.717) is 0 Å². The van der Waals surface area contributed by atoms with Crippen molar-refractivity contribution in [3.8, 4) is 0 Å². The van der Waals surface area contributed by atoms with Gasteiger partial charge in [0.2, 0.25) is 0 Å². The number of benzene rings is 1. The molecule has 0 saturated carbocycles. The van der Waals surface area contributed by atoms with Gasteiger partial charge in [0, 0.05) is 0 Å². The highest BCUT2D eigenvalue weighted by atomic mass is 79.9. The van der Waals surface area contributed by atoms with Gasteiger partial charge in [0.25, 0.3) is 0 Å². The molecule has 4 heteroatoms. The zero-order valence-corrected chi connectivity index (χ0v) is 7.71. The molecule has 11 heavy (non-hydrogen) atoms. The summed E-state index contributed by atoms with van der Waals surface area (Å²) < 4.78 is 4.56. The Balaban J connectivity index is 2.86. The topological polar surface area (TPSA) is 29.5 Å². The lowest BCUT2D eigenvalue weighted by Gasteiger charge is -2.01. The van der Waals surface area contributed by atoms with Gasteiger partial charge in [0.05, 0.1) is 16.3 Å². The second-order valence-corrected chi connectivity index (χ2v) is 2.73. The van der Waals surface area contributed by atoms with Crippen molar-refractivity contribution < 1.29 is 8.77 Å². The Labute approximate surface area is 74.8 Å². The quantitative estimate of drug-likeness (QED) is 0.745. The minimum absolute atomic E-state index is 0.752. The van der Waals surface area contributed by atoms with Gasteiger partial charge in [-0.2, -0.15) is 0 Å². The van der Waals surface area contributed by atoms with Crippen LogP contribution in [0.3, 0.4) is 0 Å². The van der Waals surface area contributed by atoms with Crippen molar-refractivity contribution in [1.82, 2.24) is 0 Å². The molecular weight excluding hydrogens is 207 g/mol. The summed E-state index contributed by atoms with van der Waals surface area (Å²) in [5.41, 5.74) is 1.85. The summed E-state index contributed by atoms with van der Waals surface area (Å²) in [6.07, 6.45) is 0. The zero-order chi connectivity index (χ0) is 8.27. The maximum atomic E-state index is 9.18. The number of hydrogen-bond donors (Lipinski definition) is 1. The maximum absolute atomic E-state index is 9.18. The third-order valence-electron chi connectivity index (χ3n) is 1.41. The minimum Gasteiger partial charge on any atom is -0.423 e. The van der Waals surface area contributed by atoms with Gasteiger partial charge in [-0.3, -0.25) is 0 Å². The van der Waals surface area contributed by atoms with Gasteiger partial charge in [0.15, 0.2) is 0 Å². The van der Waals surface area contributed by atoms with Crippen molar-refractivity contribution in [3.05, 3.63) is 29.8 Å². The first-order chi connectivity index (χ1) is 5.24. The van der Waals surface area contributed by atoms with Crippen molar-refractivity contribution in [2.75, 3.05) is 0 Å². The lowest BCUT2D eigenvalue weighted by atomic mass is 9.80. The number of rotatable bonds is 2. The highest BCUT2D eigenvalue weighted by Gasteiger charge is 2.14. The van der Waals surface area contributed by atoms with Crippen LogP contribution in [0.4, 0.5) is 0 Å². The molecule has 0 unspecified atom stereocenters. The fourth-order valence-corrected chi connectivity index (χ4v) is 1.09. The van der Waals surface area contributed by atoms with E-state index in [2.05, 4.69) is 20.0 Å². The summed E-state index contributed by atoms with van der Waals surface area (Å²) in [6, 6.07) is 7.51. The van der Waals surface area contributed by atoms with Crippen LogP contribution < -0.4 is 5.46 Å². The Morgan fingerprint density at radius 3 is 2.82 bits per heavy atom. The second-order valence-electron chi connectivity index (χ2n) is 2.36. The van der Waals surface area contributed by atoms with E-state index in [-0.39, 0.29) is 0 Å². The SMILES string of the molecule is Cc1cccc(B(O)OBr)c1. The van der Waals surface area contributed by atoms with Crippen LogP contribution in [0.2, 0.25) is 0 Å². The first-order valence-electron chi connectivity index (χ1n) is 3.26. The molecule has 58 valence electrons. The first-order valence-corrected chi connectivity index (χ1v) is 3.91. The van der Waals surface area contributed by atoms with E-state index in [1.165, 1.54) is 0 Å².